The van der Waals surface area contributed by atoms with Crippen LogP contribution in [0.1, 0.15) is 53.1 Å². The molecule has 0 bridgehead atoms. The van der Waals surface area contributed by atoms with E-state index in [9.17, 15) is 9.59 Å². The molecule has 0 radical (unpaired) electrons. The minimum absolute atomic E-state index is 0.243. The van der Waals surface area contributed by atoms with E-state index in [0.717, 1.165) is 24.2 Å². The van der Waals surface area contributed by atoms with Crippen molar-refractivity contribution in [1.82, 2.24) is 4.57 Å². The number of rotatable bonds is 5. The van der Waals surface area contributed by atoms with Crippen LogP contribution >= 0.6 is 11.6 Å². The molecule has 1 aromatic heterocycles. The van der Waals surface area contributed by atoms with Crippen LogP contribution in [0.4, 0.5) is 5.69 Å². The molecule has 0 aliphatic heterocycles. The highest BCUT2D eigenvalue weighted by Gasteiger charge is 2.29. The first-order chi connectivity index (χ1) is 12.8. The summed E-state index contributed by atoms with van der Waals surface area (Å²) in [6.07, 6.45) is 1.27. The third kappa shape index (κ3) is 3.99. The van der Waals surface area contributed by atoms with Crippen LogP contribution < -0.4 is 5.32 Å². The van der Waals surface area contributed by atoms with Gasteiger partial charge in [0.1, 0.15) is 6.07 Å². The summed E-state index contributed by atoms with van der Waals surface area (Å²) < 4.78 is 7.50. The molecule has 0 spiro atoms. The van der Waals surface area contributed by atoms with E-state index < -0.39 is 18.0 Å². The van der Waals surface area contributed by atoms with Gasteiger partial charge < -0.3 is 14.6 Å². The molecule has 2 aromatic rings. The largest absolute Gasteiger partial charge is 0.449 e. The highest BCUT2D eigenvalue weighted by Crippen LogP contribution is 2.38. The van der Waals surface area contributed by atoms with Crippen molar-refractivity contribution in [3.8, 4) is 6.07 Å². The highest BCUT2D eigenvalue weighted by atomic mass is 35.5. The summed E-state index contributed by atoms with van der Waals surface area (Å²) in [4.78, 5) is 24.8. The van der Waals surface area contributed by atoms with Gasteiger partial charge in [0.2, 0.25) is 0 Å². The maximum atomic E-state index is 12.5. The van der Waals surface area contributed by atoms with Gasteiger partial charge in [-0.1, -0.05) is 11.6 Å². The van der Waals surface area contributed by atoms with E-state index in [1.54, 1.807) is 12.1 Å². The quantitative estimate of drug-likeness (QED) is 0.783. The molecule has 1 N–H and O–H groups in total. The fraction of sp³-hybridized carbons (Fsp3) is 0.350. The Morgan fingerprint density at radius 3 is 2.63 bits per heavy atom. The van der Waals surface area contributed by atoms with Crippen LogP contribution in [-0.4, -0.2) is 22.5 Å². The van der Waals surface area contributed by atoms with E-state index >= 15 is 0 Å². The molecule has 1 aliphatic rings. The van der Waals surface area contributed by atoms with Gasteiger partial charge >= 0.3 is 5.97 Å². The van der Waals surface area contributed by atoms with Crippen LogP contribution in [0, 0.1) is 25.2 Å². The fourth-order valence-electron chi connectivity index (χ4n) is 3.08. The Bertz CT molecular complexity index is 954. The predicted octanol–water partition coefficient (Wildman–Crippen LogP) is 4.15. The predicted molar refractivity (Wildman–Crippen MR) is 102 cm³/mol. The Morgan fingerprint density at radius 2 is 2.04 bits per heavy atom. The standard InChI is InChI=1S/C20H20ClN3O3/c1-11-8-17(12(2)24(11)16-6-7-16)20(26)27-13(3)19(25)23-15-5-4-14(10-22)18(21)9-15/h4-5,8-9,13,16H,6-7H2,1-3H3,(H,23,25)/t13-/m1/s1. The average Bonchev–Trinajstić information content (AvgIpc) is 3.40. The summed E-state index contributed by atoms with van der Waals surface area (Å²) in [6.45, 7) is 5.37. The summed E-state index contributed by atoms with van der Waals surface area (Å²) in [6, 6.07) is 8.79. The second-order valence-electron chi connectivity index (χ2n) is 6.73. The molecule has 0 saturated heterocycles. The third-order valence-electron chi connectivity index (χ3n) is 4.63. The van der Waals surface area contributed by atoms with E-state index in [4.69, 9.17) is 21.6 Å². The van der Waals surface area contributed by atoms with Gasteiger partial charge in [-0.2, -0.15) is 5.26 Å². The number of aryl methyl sites for hydroxylation is 1. The highest BCUT2D eigenvalue weighted by molar-refractivity contribution is 6.32. The number of carbonyl (C=O) groups is 2. The number of nitrogens with zero attached hydrogens (tertiary/aromatic N) is 2. The Morgan fingerprint density at radius 1 is 1.33 bits per heavy atom. The number of nitriles is 1. The Kier molecular flexibility index (Phi) is 5.24. The summed E-state index contributed by atoms with van der Waals surface area (Å²) in [5, 5.41) is 11.8. The minimum Gasteiger partial charge on any atom is -0.449 e. The number of ether oxygens (including phenoxy) is 1. The van der Waals surface area contributed by atoms with Gasteiger partial charge in [-0.05, 0) is 57.9 Å². The van der Waals surface area contributed by atoms with Crippen LogP contribution in [0.25, 0.3) is 0 Å². The number of benzene rings is 1. The number of carbonyl (C=O) groups excluding carboxylic acids is 2. The number of aromatic nitrogens is 1. The molecule has 1 saturated carbocycles. The van der Waals surface area contributed by atoms with Crippen molar-refractivity contribution >= 4 is 29.2 Å². The molecule has 27 heavy (non-hydrogen) atoms. The molecule has 1 amide bonds. The molecule has 1 heterocycles. The van der Waals surface area contributed by atoms with Crippen molar-refractivity contribution in [2.45, 2.75) is 45.8 Å². The van der Waals surface area contributed by atoms with Gasteiger partial charge in [0.15, 0.2) is 6.10 Å². The first-order valence-corrected chi connectivity index (χ1v) is 9.09. The lowest BCUT2D eigenvalue weighted by Gasteiger charge is -2.14. The number of amides is 1. The zero-order valence-electron chi connectivity index (χ0n) is 15.4. The van der Waals surface area contributed by atoms with Crippen molar-refractivity contribution in [2.75, 3.05) is 5.32 Å². The number of anilines is 1. The number of halogens is 1. The van der Waals surface area contributed by atoms with Crippen molar-refractivity contribution in [2.24, 2.45) is 0 Å². The summed E-state index contributed by atoms with van der Waals surface area (Å²) in [7, 11) is 0. The second kappa shape index (κ2) is 7.45. The first-order valence-electron chi connectivity index (χ1n) is 8.71. The van der Waals surface area contributed by atoms with Crippen molar-refractivity contribution < 1.29 is 14.3 Å². The number of hydrogen-bond donors (Lipinski definition) is 1. The Hall–Kier alpha value is -2.78. The molecule has 140 valence electrons. The van der Waals surface area contributed by atoms with E-state index in [1.807, 2.05) is 19.9 Å². The van der Waals surface area contributed by atoms with Crippen molar-refractivity contribution in [3.05, 3.63) is 51.8 Å². The Labute approximate surface area is 162 Å². The van der Waals surface area contributed by atoms with Crippen LogP contribution in [0.5, 0.6) is 0 Å². The molecule has 3 rings (SSSR count). The van der Waals surface area contributed by atoms with E-state index in [-0.39, 0.29) is 5.02 Å². The molecule has 1 aliphatic carbocycles. The lowest BCUT2D eigenvalue weighted by Crippen LogP contribution is -2.30. The first kappa shape index (κ1) is 19.0. The molecular formula is C20H20ClN3O3. The fourth-order valence-corrected chi connectivity index (χ4v) is 3.31. The van der Waals surface area contributed by atoms with Gasteiger partial charge in [0.25, 0.3) is 5.91 Å². The minimum atomic E-state index is -0.976. The number of esters is 1. The zero-order valence-corrected chi connectivity index (χ0v) is 16.1. The van der Waals surface area contributed by atoms with Crippen LogP contribution in [0.15, 0.2) is 24.3 Å². The molecule has 6 nitrogen and oxygen atoms in total. The van der Waals surface area contributed by atoms with Gasteiger partial charge in [-0.25, -0.2) is 4.79 Å². The molecule has 0 unspecified atom stereocenters. The summed E-state index contributed by atoms with van der Waals surface area (Å²) in [5.74, 6) is -0.990. The lowest BCUT2D eigenvalue weighted by molar-refractivity contribution is -0.123. The van der Waals surface area contributed by atoms with Crippen LogP contribution in [-0.2, 0) is 9.53 Å². The van der Waals surface area contributed by atoms with E-state index in [2.05, 4.69) is 9.88 Å². The number of nitrogens with one attached hydrogen (secondary N) is 1. The monoisotopic (exact) mass is 385 g/mol. The van der Waals surface area contributed by atoms with E-state index in [1.165, 1.54) is 19.1 Å². The molecular weight excluding hydrogens is 366 g/mol. The SMILES string of the molecule is Cc1cc(C(=O)O[C@H](C)C(=O)Nc2ccc(C#N)c(Cl)c2)c(C)n1C1CC1. The van der Waals surface area contributed by atoms with Crippen LogP contribution in [0.2, 0.25) is 5.02 Å². The van der Waals surface area contributed by atoms with Gasteiger partial charge in [0.05, 0.1) is 16.1 Å². The summed E-state index contributed by atoms with van der Waals surface area (Å²) in [5.41, 5.74) is 3.12. The van der Waals surface area contributed by atoms with Gasteiger partial charge in [-0.3, -0.25) is 4.79 Å². The second-order valence-corrected chi connectivity index (χ2v) is 7.14. The Balaban J connectivity index is 1.66. The summed E-state index contributed by atoms with van der Waals surface area (Å²) >= 11 is 5.96. The zero-order chi connectivity index (χ0) is 19.7. The molecule has 7 heteroatoms. The van der Waals surface area contributed by atoms with Crippen LogP contribution in [0.3, 0.4) is 0 Å². The molecule has 1 aromatic carbocycles. The van der Waals surface area contributed by atoms with Crippen molar-refractivity contribution in [3.63, 3.8) is 0 Å². The molecule has 1 atom stereocenters. The van der Waals surface area contributed by atoms with Gasteiger partial charge in [0, 0.05) is 23.1 Å². The maximum absolute atomic E-state index is 12.5. The third-order valence-corrected chi connectivity index (χ3v) is 4.94. The maximum Gasteiger partial charge on any atom is 0.340 e. The molecule has 1 fully saturated rings. The van der Waals surface area contributed by atoms with Gasteiger partial charge in [-0.15, -0.1) is 0 Å². The number of hydrogen-bond acceptors (Lipinski definition) is 4. The van der Waals surface area contributed by atoms with Crippen molar-refractivity contribution in [1.29, 1.82) is 5.26 Å². The topological polar surface area (TPSA) is 84.1 Å². The average molecular weight is 386 g/mol. The normalized spacial score (nSPS) is 14.3. The van der Waals surface area contributed by atoms with E-state index in [0.29, 0.717) is 22.9 Å². The lowest BCUT2D eigenvalue weighted by atomic mass is 10.2. The smallest absolute Gasteiger partial charge is 0.340 e.